The van der Waals surface area contributed by atoms with Gasteiger partial charge in [0.15, 0.2) is 5.78 Å². The molecule has 2 heteroatoms. The van der Waals surface area contributed by atoms with Gasteiger partial charge in [-0.3, -0.25) is 4.79 Å². The van der Waals surface area contributed by atoms with Gasteiger partial charge in [0.1, 0.15) is 0 Å². The van der Waals surface area contributed by atoms with Gasteiger partial charge in [-0.1, -0.05) is 55.8 Å². The number of ketones is 1. The van der Waals surface area contributed by atoms with Crippen LogP contribution >= 0.6 is 11.8 Å². The van der Waals surface area contributed by atoms with Gasteiger partial charge < -0.3 is 0 Å². The minimum Gasteiger partial charge on any atom is -0.294 e. The maximum Gasteiger partial charge on any atom is 0.169 e. The first-order valence-electron chi connectivity index (χ1n) is 7.16. The summed E-state index contributed by atoms with van der Waals surface area (Å²) in [5.74, 6) is 0.923. The van der Waals surface area contributed by atoms with Crippen molar-refractivity contribution in [3.05, 3.63) is 41.3 Å². The van der Waals surface area contributed by atoms with Gasteiger partial charge in [-0.15, -0.1) is 0 Å². The molecule has 0 unspecified atom stereocenters. The van der Waals surface area contributed by atoms with Crippen molar-refractivity contribution >= 4 is 17.5 Å². The van der Waals surface area contributed by atoms with Crippen LogP contribution in [-0.4, -0.2) is 5.78 Å². The van der Waals surface area contributed by atoms with Gasteiger partial charge in [-0.05, 0) is 36.3 Å². The van der Waals surface area contributed by atoms with Crippen molar-refractivity contribution in [1.82, 2.24) is 0 Å². The van der Waals surface area contributed by atoms with E-state index in [0.717, 1.165) is 11.3 Å². The topological polar surface area (TPSA) is 17.1 Å². The number of carbonyl (C=O) groups excluding carboxylic acids is 1. The van der Waals surface area contributed by atoms with Crippen molar-refractivity contribution in [3.63, 3.8) is 0 Å². The van der Waals surface area contributed by atoms with Crippen molar-refractivity contribution in [2.24, 2.45) is 11.3 Å². The third-order valence-electron chi connectivity index (χ3n) is 4.59. The number of hydrogen-bond acceptors (Lipinski definition) is 2. The number of thioether (sulfide) groups is 1. The van der Waals surface area contributed by atoms with E-state index in [2.05, 4.69) is 25.1 Å². The van der Waals surface area contributed by atoms with Crippen LogP contribution in [0.4, 0.5) is 0 Å². The molecule has 1 fully saturated rings. The molecular formula is C17H20OS. The van der Waals surface area contributed by atoms with Crippen LogP contribution in [0.15, 0.2) is 46.2 Å². The first-order valence-corrected chi connectivity index (χ1v) is 7.98. The Hall–Kier alpha value is -1.02. The summed E-state index contributed by atoms with van der Waals surface area (Å²) in [5.41, 5.74) is 0.253. The number of benzene rings is 1. The molecule has 1 aromatic carbocycles. The monoisotopic (exact) mass is 272 g/mol. The van der Waals surface area contributed by atoms with E-state index < -0.39 is 0 Å². The van der Waals surface area contributed by atoms with Gasteiger partial charge in [-0.2, -0.15) is 0 Å². The SMILES string of the molecule is C[C@@]12C=C(Sc3ccccc3)C(=O)C[C@H]1CCCC2. The zero-order valence-corrected chi connectivity index (χ0v) is 12.2. The van der Waals surface area contributed by atoms with Crippen molar-refractivity contribution in [2.75, 3.05) is 0 Å². The van der Waals surface area contributed by atoms with Gasteiger partial charge in [0.2, 0.25) is 0 Å². The second kappa shape index (κ2) is 5.16. The molecule has 1 aromatic rings. The van der Waals surface area contributed by atoms with Gasteiger partial charge in [0.25, 0.3) is 0 Å². The molecular weight excluding hydrogens is 252 g/mol. The van der Waals surface area contributed by atoms with Crippen molar-refractivity contribution in [1.29, 1.82) is 0 Å². The molecule has 0 aromatic heterocycles. The Kier molecular flexibility index (Phi) is 3.53. The van der Waals surface area contributed by atoms with Gasteiger partial charge >= 0.3 is 0 Å². The highest BCUT2D eigenvalue weighted by Gasteiger charge is 2.40. The summed E-state index contributed by atoms with van der Waals surface area (Å²) in [6.07, 6.45) is 8.10. The Morgan fingerprint density at radius 3 is 2.79 bits per heavy atom. The molecule has 0 spiro atoms. The zero-order chi connectivity index (χ0) is 13.3. The molecule has 2 aliphatic carbocycles. The van der Waals surface area contributed by atoms with Crippen LogP contribution in [0.25, 0.3) is 0 Å². The smallest absolute Gasteiger partial charge is 0.169 e. The molecule has 0 bridgehead atoms. The average molecular weight is 272 g/mol. The van der Waals surface area contributed by atoms with Crippen LogP contribution < -0.4 is 0 Å². The van der Waals surface area contributed by atoms with E-state index in [4.69, 9.17) is 0 Å². The first-order chi connectivity index (χ1) is 9.17. The molecule has 100 valence electrons. The molecule has 0 amide bonds. The number of fused-ring (bicyclic) bond motifs is 1. The normalized spacial score (nSPS) is 30.7. The third kappa shape index (κ3) is 2.64. The van der Waals surface area contributed by atoms with E-state index >= 15 is 0 Å². The molecule has 0 radical (unpaired) electrons. The summed E-state index contributed by atoms with van der Waals surface area (Å²) in [6, 6.07) is 10.2. The minimum atomic E-state index is 0.253. The Morgan fingerprint density at radius 1 is 1.21 bits per heavy atom. The Morgan fingerprint density at radius 2 is 2.00 bits per heavy atom. The number of hydrogen-bond donors (Lipinski definition) is 0. The summed E-state index contributed by atoms with van der Waals surface area (Å²) in [4.78, 5) is 14.4. The van der Waals surface area contributed by atoms with E-state index in [0.29, 0.717) is 11.7 Å². The lowest BCUT2D eigenvalue weighted by atomic mass is 9.63. The molecule has 3 rings (SSSR count). The van der Waals surface area contributed by atoms with Crippen molar-refractivity contribution in [3.8, 4) is 0 Å². The highest BCUT2D eigenvalue weighted by Crippen LogP contribution is 2.49. The Labute approximate surface area is 119 Å². The van der Waals surface area contributed by atoms with Gasteiger partial charge in [-0.25, -0.2) is 0 Å². The fourth-order valence-corrected chi connectivity index (χ4v) is 4.43. The number of rotatable bonds is 2. The molecule has 19 heavy (non-hydrogen) atoms. The molecule has 0 heterocycles. The predicted molar refractivity (Wildman–Crippen MR) is 80.1 cm³/mol. The number of carbonyl (C=O) groups is 1. The number of Topliss-reactive ketones (excluding diaryl/α,β-unsaturated/α-hetero) is 1. The van der Waals surface area contributed by atoms with Crippen LogP contribution in [0.5, 0.6) is 0 Å². The van der Waals surface area contributed by atoms with E-state index in [1.807, 2.05) is 18.2 Å². The molecule has 2 aliphatic rings. The lowest BCUT2D eigenvalue weighted by Gasteiger charge is -2.42. The van der Waals surface area contributed by atoms with Crippen LogP contribution in [0.2, 0.25) is 0 Å². The lowest BCUT2D eigenvalue weighted by Crippen LogP contribution is -2.35. The maximum atomic E-state index is 12.3. The fraction of sp³-hybridized carbons (Fsp3) is 0.471. The third-order valence-corrected chi connectivity index (χ3v) is 5.66. The van der Waals surface area contributed by atoms with E-state index in [-0.39, 0.29) is 5.41 Å². The quantitative estimate of drug-likeness (QED) is 0.767. The molecule has 2 atom stereocenters. The standard InChI is InChI=1S/C17H20OS/c1-17-10-6-5-7-13(17)11-15(18)16(12-17)19-14-8-3-2-4-9-14/h2-4,8-9,12-13H,5-7,10-11H2,1H3/t13-,17-/m1/s1. The van der Waals surface area contributed by atoms with Crippen LogP contribution in [-0.2, 0) is 4.79 Å². The molecule has 0 aliphatic heterocycles. The van der Waals surface area contributed by atoms with Gasteiger partial charge in [0, 0.05) is 11.3 Å². The summed E-state index contributed by atoms with van der Waals surface area (Å²) >= 11 is 1.64. The highest BCUT2D eigenvalue weighted by molar-refractivity contribution is 8.04. The average Bonchev–Trinajstić information content (AvgIpc) is 2.41. The summed E-state index contributed by atoms with van der Waals surface area (Å²) in [5, 5.41) is 0. The van der Waals surface area contributed by atoms with E-state index in [1.165, 1.54) is 30.6 Å². The highest BCUT2D eigenvalue weighted by atomic mass is 32.2. The van der Waals surface area contributed by atoms with E-state index in [1.54, 1.807) is 11.8 Å². The predicted octanol–water partition coefficient (Wildman–Crippen LogP) is 4.83. The fourth-order valence-electron chi connectivity index (χ4n) is 3.36. The van der Waals surface area contributed by atoms with E-state index in [9.17, 15) is 4.79 Å². The molecule has 1 nitrogen and oxygen atoms in total. The second-order valence-electron chi connectivity index (χ2n) is 6.00. The number of allylic oxidation sites excluding steroid dienone is 2. The first kappa shape index (κ1) is 13.0. The van der Waals surface area contributed by atoms with Crippen LogP contribution in [0.3, 0.4) is 0 Å². The maximum absolute atomic E-state index is 12.3. The summed E-state index contributed by atoms with van der Waals surface area (Å²) in [6.45, 7) is 2.34. The molecule has 1 saturated carbocycles. The molecule has 0 N–H and O–H groups in total. The Balaban J connectivity index is 1.86. The summed E-state index contributed by atoms with van der Waals surface area (Å²) < 4.78 is 0. The van der Waals surface area contributed by atoms with Crippen LogP contribution in [0.1, 0.15) is 39.0 Å². The zero-order valence-electron chi connectivity index (χ0n) is 11.4. The lowest BCUT2D eigenvalue weighted by molar-refractivity contribution is -0.117. The molecule has 0 saturated heterocycles. The largest absolute Gasteiger partial charge is 0.294 e. The van der Waals surface area contributed by atoms with Crippen molar-refractivity contribution < 1.29 is 4.79 Å². The second-order valence-corrected chi connectivity index (χ2v) is 7.11. The van der Waals surface area contributed by atoms with Crippen LogP contribution in [0, 0.1) is 11.3 Å². The summed E-state index contributed by atoms with van der Waals surface area (Å²) in [7, 11) is 0. The van der Waals surface area contributed by atoms with Crippen molar-refractivity contribution in [2.45, 2.75) is 43.9 Å². The minimum absolute atomic E-state index is 0.253. The Bertz CT molecular complexity index is 505. The van der Waals surface area contributed by atoms with Gasteiger partial charge in [0.05, 0.1) is 4.91 Å².